The number of nitrogens with zero attached hydrogens (tertiary/aromatic N) is 4. The van der Waals surface area contributed by atoms with E-state index in [0.717, 1.165) is 18.4 Å². The molecule has 2 unspecified atom stereocenters. The van der Waals surface area contributed by atoms with Gasteiger partial charge in [-0.25, -0.2) is 4.68 Å². The standard InChI is InChI=1S/C13H17N5O/c1-3-8-7-10(8)18-13(15-16-17-18)12-9(14)5-4-6-11(12)19-2/h4-6,8,10H,3,7,14H2,1-2H3. The summed E-state index contributed by atoms with van der Waals surface area (Å²) in [5, 5.41) is 12.0. The van der Waals surface area contributed by atoms with Crippen LogP contribution < -0.4 is 10.5 Å². The highest BCUT2D eigenvalue weighted by molar-refractivity contribution is 5.77. The summed E-state index contributed by atoms with van der Waals surface area (Å²) in [6.45, 7) is 2.19. The zero-order valence-electron chi connectivity index (χ0n) is 11.1. The van der Waals surface area contributed by atoms with Crippen molar-refractivity contribution in [3.63, 3.8) is 0 Å². The van der Waals surface area contributed by atoms with Crippen molar-refractivity contribution in [1.29, 1.82) is 0 Å². The predicted molar refractivity (Wildman–Crippen MR) is 71.7 cm³/mol. The summed E-state index contributed by atoms with van der Waals surface area (Å²) in [7, 11) is 1.62. The molecule has 1 aromatic heterocycles. The molecule has 2 aromatic rings. The van der Waals surface area contributed by atoms with Gasteiger partial charge in [-0.15, -0.1) is 5.10 Å². The molecule has 19 heavy (non-hydrogen) atoms. The smallest absolute Gasteiger partial charge is 0.188 e. The minimum absolute atomic E-state index is 0.388. The molecule has 0 aliphatic heterocycles. The van der Waals surface area contributed by atoms with E-state index in [1.807, 2.05) is 22.9 Å². The van der Waals surface area contributed by atoms with E-state index in [0.29, 0.717) is 29.2 Å². The molecule has 1 heterocycles. The largest absolute Gasteiger partial charge is 0.496 e. The average molecular weight is 259 g/mol. The summed E-state index contributed by atoms with van der Waals surface area (Å²) in [4.78, 5) is 0. The van der Waals surface area contributed by atoms with Crippen molar-refractivity contribution in [1.82, 2.24) is 20.2 Å². The van der Waals surface area contributed by atoms with E-state index in [9.17, 15) is 0 Å². The number of hydrogen-bond acceptors (Lipinski definition) is 5. The Bertz CT molecular complexity index is 594. The van der Waals surface area contributed by atoms with Crippen LogP contribution in [0.5, 0.6) is 5.75 Å². The predicted octanol–water partition coefficient (Wildman–Crippen LogP) is 1.90. The lowest BCUT2D eigenvalue weighted by molar-refractivity contribution is 0.416. The quantitative estimate of drug-likeness (QED) is 0.848. The molecular formula is C13H17N5O. The van der Waals surface area contributed by atoms with E-state index in [2.05, 4.69) is 22.4 Å². The second kappa shape index (κ2) is 4.53. The third-order valence-corrected chi connectivity index (χ3v) is 3.72. The average Bonchev–Trinajstić information content (AvgIpc) is 3.07. The lowest BCUT2D eigenvalue weighted by Gasteiger charge is -2.10. The van der Waals surface area contributed by atoms with Gasteiger partial charge in [-0.05, 0) is 34.9 Å². The second-order valence-electron chi connectivity index (χ2n) is 4.84. The minimum Gasteiger partial charge on any atom is -0.496 e. The number of aromatic nitrogens is 4. The molecule has 1 aliphatic carbocycles. The summed E-state index contributed by atoms with van der Waals surface area (Å²) in [6.07, 6.45) is 2.27. The number of hydrogen-bond donors (Lipinski definition) is 1. The Morgan fingerprint density at radius 3 is 3.00 bits per heavy atom. The van der Waals surface area contributed by atoms with Crippen LogP contribution in [0.25, 0.3) is 11.4 Å². The molecule has 0 spiro atoms. The van der Waals surface area contributed by atoms with Gasteiger partial charge < -0.3 is 10.5 Å². The fourth-order valence-corrected chi connectivity index (χ4v) is 2.51. The van der Waals surface area contributed by atoms with Crippen molar-refractivity contribution in [2.45, 2.75) is 25.8 Å². The number of nitrogens with two attached hydrogens (primary N) is 1. The molecule has 2 N–H and O–H groups in total. The van der Waals surface area contributed by atoms with Crippen molar-refractivity contribution in [3.05, 3.63) is 18.2 Å². The molecule has 0 bridgehead atoms. The van der Waals surface area contributed by atoms with Gasteiger partial charge in [0.25, 0.3) is 0 Å². The Hall–Kier alpha value is -2.11. The van der Waals surface area contributed by atoms with Crippen LogP contribution in [0.1, 0.15) is 25.8 Å². The van der Waals surface area contributed by atoms with Crippen LogP contribution in [-0.2, 0) is 0 Å². The zero-order valence-corrected chi connectivity index (χ0v) is 11.1. The molecule has 1 fully saturated rings. The first-order valence-electron chi connectivity index (χ1n) is 6.47. The van der Waals surface area contributed by atoms with Crippen molar-refractivity contribution in [2.24, 2.45) is 5.92 Å². The van der Waals surface area contributed by atoms with Gasteiger partial charge in [0.1, 0.15) is 5.75 Å². The monoisotopic (exact) mass is 259 g/mol. The van der Waals surface area contributed by atoms with E-state index in [1.54, 1.807) is 7.11 Å². The molecule has 6 heteroatoms. The van der Waals surface area contributed by atoms with Gasteiger partial charge in [0.15, 0.2) is 5.82 Å². The van der Waals surface area contributed by atoms with E-state index in [-0.39, 0.29) is 0 Å². The highest BCUT2D eigenvalue weighted by Gasteiger charge is 2.40. The summed E-state index contributed by atoms with van der Waals surface area (Å²) < 4.78 is 7.25. The maximum Gasteiger partial charge on any atom is 0.188 e. The molecular weight excluding hydrogens is 242 g/mol. The first-order valence-corrected chi connectivity index (χ1v) is 6.47. The lowest BCUT2D eigenvalue weighted by Crippen LogP contribution is -2.04. The molecule has 1 aromatic carbocycles. The van der Waals surface area contributed by atoms with Crippen LogP contribution in [0.4, 0.5) is 5.69 Å². The van der Waals surface area contributed by atoms with E-state index >= 15 is 0 Å². The Labute approximate surface area is 111 Å². The third-order valence-electron chi connectivity index (χ3n) is 3.72. The summed E-state index contributed by atoms with van der Waals surface area (Å²) >= 11 is 0. The van der Waals surface area contributed by atoms with Gasteiger partial charge in [0.2, 0.25) is 0 Å². The summed E-state index contributed by atoms with van der Waals surface area (Å²) in [6, 6.07) is 5.95. The first-order chi connectivity index (χ1) is 9.26. The maximum atomic E-state index is 6.06. The zero-order chi connectivity index (χ0) is 13.4. The highest BCUT2D eigenvalue weighted by Crippen LogP contribution is 2.47. The number of anilines is 1. The van der Waals surface area contributed by atoms with Crippen molar-refractivity contribution >= 4 is 5.69 Å². The first kappa shape index (κ1) is 12.0. The summed E-state index contributed by atoms with van der Waals surface area (Å²) in [5.74, 6) is 2.05. The molecule has 0 amide bonds. The summed E-state index contributed by atoms with van der Waals surface area (Å²) in [5.41, 5.74) is 7.46. The second-order valence-corrected chi connectivity index (χ2v) is 4.84. The van der Waals surface area contributed by atoms with Crippen LogP contribution >= 0.6 is 0 Å². The van der Waals surface area contributed by atoms with Gasteiger partial charge >= 0.3 is 0 Å². The molecule has 6 nitrogen and oxygen atoms in total. The number of methoxy groups -OCH3 is 1. The van der Waals surface area contributed by atoms with Gasteiger partial charge in [-0.3, -0.25) is 0 Å². The van der Waals surface area contributed by atoms with E-state index < -0.39 is 0 Å². The number of ether oxygens (including phenoxy) is 1. The van der Waals surface area contributed by atoms with Crippen LogP contribution in [0.15, 0.2) is 18.2 Å². The Kier molecular flexibility index (Phi) is 2.85. The number of benzene rings is 1. The van der Waals surface area contributed by atoms with Crippen LogP contribution in [0.3, 0.4) is 0 Å². The Balaban J connectivity index is 2.06. The van der Waals surface area contributed by atoms with Crippen LogP contribution in [0, 0.1) is 5.92 Å². The Morgan fingerprint density at radius 2 is 2.32 bits per heavy atom. The maximum absolute atomic E-state index is 6.06. The van der Waals surface area contributed by atoms with Crippen molar-refractivity contribution < 1.29 is 4.74 Å². The molecule has 0 radical (unpaired) electrons. The molecule has 1 saturated carbocycles. The van der Waals surface area contributed by atoms with Crippen LogP contribution in [-0.4, -0.2) is 27.3 Å². The number of nitrogen functional groups attached to an aromatic ring is 1. The fourth-order valence-electron chi connectivity index (χ4n) is 2.51. The Morgan fingerprint density at radius 1 is 1.47 bits per heavy atom. The SMILES string of the molecule is CCC1CC1n1nnnc1-c1c(N)cccc1OC. The van der Waals surface area contributed by atoms with Crippen molar-refractivity contribution in [2.75, 3.05) is 12.8 Å². The molecule has 0 saturated heterocycles. The highest BCUT2D eigenvalue weighted by atomic mass is 16.5. The van der Waals surface area contributed by atoms with Gasteiger partial charge in [0, 0.05) is 5.69 Å². The van der Waals surface area contributed by atoms with E-state index in [1.165, 1.54) is 0 Å². The van der Waals surface area contributed by atoms with Crippen LogP contribution in [0.2, 0.25) is 0 Å². The lowest BCUT2D eigenvalue weighted by atomic mass is 10.1. The third kappa shape index (κ3) is 1.93. The molecule has 100 valence electrons. The van der Waals surface area contributed by atoms with Gasteiger partial charge in [0.05, 0.1) is 18.7 Å². The van der Waals surface area contributed by atoms with Crippen molar-refractivity contribution in [3.8, 4) is 17.1 Å². The van der Waals surface area contributed by atoms with Gasteiger partial charge in [-0.1, -0.05) is 19.4 Å². The van der Waals surface area contributed by atoms with Gasteiger partial charge in [-0.2, -0.15) is 0 Å². The minimum atomic E-state index is 0.388. The van der Waals surface area contributed by atoms with E-state index in [4.69, 9.17) is 10.5 Å². The molecule has 2 atom stereocenters. The number of tetrazole rings is 1. The topological polar surface area (TPSA) is 78.9 Å². The normalized spacial score (nSPS) is 21.4. The number of rotatable bonds is 4. The fraction of sp³-hybridized carbons (Fsp3) is 0.462. The molecule has 1 aliphatic rings. The molecule has 3 rings (SSSR count).